The standard InChI is InChI=1S/C34H42N4O2/c1-5-26-9-14-30(15-10-26)36-33(39)29-12-7-28(8-13-29)24-38(34(40)32-16-11-27(6-2)23-35-32)31-18-21-37(22-19-31)20-17-25(3)4/h6-16,23,25,31H,2,5,17-22,24H2,1,3-4H3,(H,36,39). The molecule has 0 bridgehead atoms. The molecule has 40 heavy (non-hydrogen) atoms. The summed E-state index contributed by atoms with van der Waals surface area (Å²) >= 11 is 0. The van der Waals surface area contributed by atoms with Gasteiger partial charge in [-0.2, -0.15) is 0 Å². The van der Waals surface area contributed by atoms with Crippen LogP contribution in [0.3, 0.4) is 0 Å². The number of carbonyl (C=O) groups excluding carboxylic acids is 2. The number of hydrogen-bond acceptors (Lipinski definition) is 4. The number of likely N-dealkylation sites (tertiary alicyclic amines) is 1. The van der Waals surface area contributed by atoms with E-state index in [1.165, 1.54) is 12.0 Å². The fourth-order valence-electron chi connectivity index (χ4n) is 5.05. The van der Waals surface area contributed by atoms with Gasteiger partial charge >= 0.3 is 0 Å². The lowest BCUT2D eigenvalue weighted by molar-refractivity contribution is 0.0540. The van der Waals surface area contributed by atoms with Crippen LogP contribution in [-0.2, 0) is 13.0 Å². The molecule has 6 nitrogen and oxygen atoms in total. The largest absolute Gasteiger partial charge is 0.330 e. The summed E-state index contributed by atoms with van der Waals surface area (Å²) in [6.07, 6.45) is 7.44. The Balaban J connectivity index is 1.46. The summed E-state index contributed by atoms with van der Waals surface area (Å²) in [7, 11) is 0. The minimum Gasteiger partial charge on any atom is -0.330 e. The molecule has 4 rings (SSSR count). The lowest BCUT2D eigenvalue weighted by Crippen LogP contribution is -2.47. The van der Waals surface area contributed by atoms with Crippen LogP contribution < -0.4 is 5.32 Å². The highest BCUT2D eigenvalue weighted by Gasteiger charge is 2.29. The van der Waals surface area contributed by atoms with Crippen LogP contribution in [0.25, 0.3) is 6.08 Å². The number of piperidine rings is 1. The molecule has 1 aliphatic rings. The maximum Gasteiger partial charge on any atom is 0.272 e. The van der Waals surface area contributed by atoms with Gasteiger partial charge in [-0.3, -0.25) is 14.6 Å². The molecular weight excluding hydrogens is 496 g/mol. The van der Waals surface area contributed by atoms with Crippen molar-refractivity contribution in [2.24, 2.45) is 5.92 Å². The third kappa shape index (κ3) is 7.89. The van der Waals surface area contributed by atoms with Crippen LogP contribution in [0, 0.1) is 5.92 Å². The summed E-state index contributed by atoms with van der Waals surface area (Å²) in [5, 5.41) is 2.97. The first-order valence-electron chi connectivity index (χ1n) is 14.5. The molecule has 0 aliphatic carbocycles. The smallest absolute Gasteiger partial charge is 0.272 e. The molecule has 210 valence electrons. The van der Waals surface area contributed by atoms with E-state index >= 15 is 0 Å². The van der Waals surface area contributed by atoms with Crippen LogP contribution in [0.4, 0.5) is 5.69 Å². The van der Waals surface area contributed by atoms with Crippen LogP contribution in [0.5, 0.6) is 0 Å². The number of aromatic nitrogens is 1. The summed E-state index contributed by atoms with van der Waals surface area (Å²) in [5.74, 6) is 0.477. The van der Waals surface area contributed by atoms with E-state index in [2.05, 4.69) is 42.6 Å². The number of rotatable bonds is 11. The van der Waals surface area contributed by atoms with Gasteiger partial charge in [0.05, 0.1) is 0 Å². The van der Waals surface area contributed by atoms with Crippen molar-refractivity contribution in [2.75, 3.05) is 25.0 Å². The fourth-order valence-corrected chi connectivity index (χ4v) is 5.05. The van der Waals surface area contributed by atoms with Gasteiger partial charge in [0.25, 0.3) is 11.8 Å². The monoisotopic (exact) mass is 538 g/mol. The molecule has 1 N–H and O–H groups in total. The maximum absolute atomic E-state index is 13.7. The minimum absolute atomic E-state index is 0.0615. The number of nitrogens with one attached hydrogen (secondary N) is 1. The molecule has 1 saturated heterocycles. The zero-order valence-corrected chi connectivity index (χ0v) is 24.1. The molecule has 1 fully saturated rings. The number of hydrogen-bond donors (Lipinski definition) is 1. The summed E-state index contributed by atoms with van der Waals surface area (Å²) in [5.41, 5.74) is 4.91. The Morgan fingerprint density at radius 2 is 1.70 bits per heavy atom. The maximum atomic E-state index is 13.7. The number of nitrogens with zero attached hydrogens (tertiary/aromatic N) is 3. The Hall–Kier alpha value is -3.77. The summed E-state index contributed by atoms with van der Waals surface area (Å²) < 4.78 is 0. The average molecular weight is 539 g/mol. The predicted octanol–water partition coefficient (Wildman–Crippen LogP) is 6.69. The normalized spacial score (nSPS) is 14.2. The van der Waals surface area contributed by atoms with Crippen molar-refractivity contribution < 1.29 is 9.59 Å². The van der Waals surface area contributed by atoms with Crippen molar-refractivity contribution in [3.63, 3.8) is 0 Å². The van der Waals surface area contributed by atoms with E-state index in [1.807, 2.05) is 59.5 Å². The van der Waals surface area contributed by atoms with Crippen molar-refractivity contribution in [3.05, 3.63) is 101 Å². The Morgan fingerprint density at radius 3 is 2.27 bits per heavy atom. The molecule has 2 aromatic carbocycles. The third-order valence-corrected chi connectivity index (χ3v) is 7.71. The second kappa shape index (κ2) is 14.0. The quantitative estimate of drug-likeness (QED) is 0.295. The molecule has 6 heteroatoms. The zero-order chi connectivity index (χ0) is 28.5. The highest BCUT2D eigenvalue weighted by molar-refractivity contribution is 6.04. The van der Waals surface area contributed by atoms with Crippen LogP contribution in [0.15, 0.2) is 73.4 Å². The minimum atomic E-state index is -0.149. The first kappa shape index (κ1) is 29.2. The van der Waals surface area contributed by atoms with Gasteiger partial charge in [0.1, 0.15) is 5.69 Å². The molecule has 2 heterocycles. The van der Waals surface area contributed by atoms with E-state index in [9.17, 15) is 9.59 Å². The van der Waals surface area contributed by atoms with Crippen molar-refractivity contribution in [1.29, 1.82) is 0 Å². The number of anilines is 1. The topological polar surface area (TPSA) is 65.5 Å². The van der Waals surface area contributed by atoms with Crippen molar-refractivity contribution in [1.82, 2.24) is 14.8 Å². The molecule has 1 aromatic heterocycles. The Kier molecular flexibility index (Phi) is 10.3. The number of pyridine rings is 1. The molecular formula is C34H42N4O2. The average Bonchev–Trinajstić information content (AvgIpc) is 2.99. The Bertz CT molecular complexity index is 1260. The molecule has 3 aromatic rings. The van der Waals surface area contributed by atoms with E-state index in [0.717, 1.165) is 55.7 Å². The van der Waals surface area contributed by atoms with Crippen molar-refractivity contribution in [2.45, 2.75) is 59.0 Å². The van der Waals surface area contributed by atoms with Gasteiger partial charge in [0.15, 0.2) is 0 Å². The molecule has 0 atom stereocenters. The highest BCUT2D eigenvalue weighted by atomic mass is 16.2. The van der Waals surface area contributed by atoms with E-state index < -0.39 is 0 Å². The number of carbonyl (C=O) groups is 2. The lowest BCUT2D eigenvalue weighted by Gasteiger charge is -2.38. The number of benzene rings is 2. The highest BCUT2D eigenvalue weighted by Crippen LogP contribution is 2.23. The second-order valence-electron chi connectivity index (χ2n) is 11.1. The van der Waals surface area contributed by atoms with Crippen LogP contribution >= 0.6 is 0 Å². The third-order valence-electron chi connectivity index (χ3n) is 7.71. The zero-order valence-electron chi connectivity index (χ0n) is 24.1. The predicted molar refractivity (Wildman–Crippen MR) is 163 cm³/mol. The molecule has 0 unspecified atom stereocenters. The van der Waals surface area contributed by atoms with Gasteiger partial charge in [-0.1, -0.05) is 63.8 Å². The molecule has 0 saturated carbocycles. The van der Waals surface area contributed by atoms with Crippen LogP contribution in [-0.4, -0.2) is 52.3 Å². The van der Waals surface area contributed by atoms with E-state index in [-0.39, 0.29) is 17.9 Å². The van der Waals surface area contributed by atoms with Gasteiger partial charge in [-0.25, -0.2) is 0 Å². The fraction of sp³-hybridized carbons (Fsp3) is 0.382. The Morgan fingerprint density at radius 1 is 1.02 bits per heavy atom. The SMILES string of the molecule is C=Cc1ccc(C(=O)N(Cc2ccc(C(=O)Nc3ccc(CC)cc3)cc2)C2CCN(CCC(C)C)CC2)nc1. The summed E-state index contributed by atoms with van der Waals surface area (Å²) in [6.45, 7) is 14.0. The summed E-state index contributed by atoms with van der Waals surface area (Å²) in [6, 6.07) is 19.3. The van der Waals surface area contributed by atoms with Gasteiger partial charge < -0.3 is 15.1 Å². The van der Waals surface area contributed by atoms with E-state index in [0.29, 0.717) is 23.7 Å². The van der Waals surface area contributed by atoms with Gasteiger partial charge in [-0.05, 0) is 85.2 Å². The lowest BCUT2D eigenvalue weighted by atomic mass is 10.00. The first-order chi connectivity index (χ1) is 19.4. The van der Waals surface area contributed by atoms with Crippen molar-refractivity contribution >= 4 is 23.6 Å². The van der Waals surface area contributed by atoms with Crippen LogP contribution in [0.1, 0.15) is 77.6 Å². The van der Waals surface area contributed by atoms with Gasteiger partial charge in [0.2, 0.25) is 0 Å². The number of aryl methyl sites for hydroxylation is 1. The molecule has 2 amide bonds. The molecule has 1 aliphatic heterocycles. The molecule has 0 spiro atoms. The number of amides is 2. The van der Waals surface area contributed by atoms with Crippen LogP contribution in [0.2, 0.25) is 0 Å². The summed E-state index contributed by atoms with van der Waals surface area (Å²) in [4.78, 5) is 35.5. The van der Waals surface area contributed by atoms with Crippen molar-refractivity contribution in [3.8, 4) is 0 Å². The van der Waals surface area contributed by atoms with E-state index in [1.54, 1.807) is 18.3 Å². The van der Waals surface area contributed by atoms with Gasteiger partial charge in [0, 0.05) is 43.1 Å². The Labute approximate surface area is 239 Å². The second-order valence-corrected chi connectivity index (χ2v) is 11.1. The van der Waals surface area contributed by atoms with E-state index in [4.69, 9.17) is 0 Å². The van der Waals surface area contributed by atoms with Gasteiger partial charge in [-0.15, -0.1) is 0 Å². The molecule has 0 radical (unpaired) electrons. The first-order valence-corrected chi connectivity index (χ1v) is 14.5.